The number of nitrogens with one attached hydrogen (secondary N) is 3. The van der Waals surface area contributed by atoms with E-state index in [1.54, 1.807) is 12.1 Å². The number of anilines is 2. The van der Waals surface area contributed by atoms with E-state index in [2.05, 4.69) is 31.5 Å². The number of aromatic amines is 1. The summed E-state index contributed by atoms with van der Waals surface area (Å²) in [6.07, 6.45) is 1.48. The molecule has 19 heavy (non-hydrogen) atoms. The number of pyridine rings is 1. The monoisotopic (exact) mass is 323 g/mol. The number of carbonyl (C=O) groups is 1. The van der Waals surface area contributed by atoms with Gasteiger partial charge < -0.3 is 20.7 Å². The van der Waals surface area contributed by atoms with Gasteiger partial charge in [-0.3, -0.25) is 4.79 Å². The van der Waals surface area contributed by atoms with Crippen LogP contribution in [0.5, 0.6) is 5.75 Å². The molecule has 2 amide bonds. The third kappa shape index (κ3) is 3.59. The summed E-state index contributed by atoms with van der Waals surface area (Å²) in [5.41, 5.74) is 0.233. The standard InChI is InChI=1S/C12H10BrN3O3/c13-7-5-10(11(18)14-6-7)16-12(19)15-8-1-3-9(17)4-2-8/h1-6,17H,(H,14,18)(H2,15,16,19). The summed E-state index contributed by atoms with van der Waals surface area (Å²) >= 11 is 3.19. The van der Waals surface area contributed by atoms with Gasteiger partial charge in [0.15, 0.2) is 0 Å². The summed E-state index contributed by atoms with van der Waals surface area (Å²) in [5.74, 6) is 0.106. The van der Waals surface area contributed by atoms with Crippen molar-refractivity contribution < 1.29 is 9.90 Å². The van der Waals surface area contributed by atoms with E-state index >= 15 is 0 Å². The summed E-state index contributed by atoms with van der Waals surface area (Å²) in [6.45, 7) is 0. The van der Waals surface area contributed by atoms with Gasteiger partial charge in [-0.25, -0.2) is 4.79 Å². The number of phenols is 1. The van der Waals surface area contributed by atoms with Crippen molar-refractivity contribution in [3.05, 3.63) is 51.4 Å². The van der Waals surface area contributed by atoms with Crippen LogP contribution in [0.15, 0.2) is 45.8 Å². The molecular weight excluding hydrogens is 314 g/mol. The summed E-state index contributed by atoms with van der Waals surface area (Å²) in [4.78, 5) is 25.6. The number of halogens is 1. The number of hydrogen-bond donors (Lipinski definition) is 4. The van der Waals surface area contributed by atoms with Crippen molar-refractivity contribution in [2.75, 3.05) is 10.6 Å². The van der Waals surface area contributed by atoms with Crippen molar-refractivity contribution in [3.63, 3.8) is 0 Å². The largest absolute Gasteiger partial charge is 0.508 e. The number of phenolic OH excluding ortho intramolecular Hbond substituents is 1. The highest BCUT2D eigenvalue weighted by Crippen LogP contribution is 2.14. The van der Waals surface area contributed by atoms with Crippen molar-refractivity contribution >= 4 is 33.3 Å². The average molecular weight is 324 g/mol. The number of hydrogen-bond acceptors (Lipinski definition) is 3. The van der Waals surface area contributed by atoms with Gasteiger partial charge in [-0.1, -0.05) is 0 Å². The van der Waals surface area contributed by atoms with E-state index in [-0.39, 0.29) is 11.4 Å². The molecule has 4 N–H and O–H groups in total. The topological polar surface area (TPSA) is 94.2 Å². The van der Waals surface area contributed by atoms with E-state index in [9.17, 15) is 9.59 Å². The molecule has 2 rings (SSSR count). The van der Waals surface area contributed by atoms with Crippen LogP contribution in [0.3, 0.4) is 0 Å². The minimum atomic E-state index is -0.547. The van der Waals surface area contributed by atoms with E-state index in [4.69, 9.17) is 5.11 Å². The molecule has 0 aliphatic rings. The first-order valence-corrected chi connectivity index (χ1v) is 6.09. The smallest absolute Gasteiger partial charge is 0.323 e. The third-order valence-electron chi connectivity index (χ3n) is 2.24. The summed E-state index contributed by atoms with van der Waals surface area (Å²) in [7, 11) is 0. The van der Waals surface area contributed by atoms with E-state index in [0.717, 1.165) is 0 Å². The van der Waals surface area contributed by atoms with Crippen LogP contribution in [-0.4, -0.2) is 16.1 Å². The second-order valence-electron chi connectivity index (χ2n) is 3.69. The number of benzene rings is 1. The zero-order valence-corrected chi connectivity index (χ0v) is 11.2. The van der Waals surface area contributed by atoms with Crippen LogP contribution in [0, 0.1) is 0 Å². The highest BCUT2D eigenvalue weighted by Gasteiger charge is 2.06. The molecule has 0 fully saturated rings. The van der Waals surface area contributed by atoms with E-state index in [0.29, 0.717) is 10.2 Å². The van der Waals surface area contributed by atoms with Crippen LogP contribution in [0.25, 0.3) is 0 Å². The Bertz CT molecular complexity index is 652. The van der Waals surface area contributed by atoms with Gasteiger partial charge >= 0.3 is 6.03 Å². The number of aromatic nitrogens is 1. The maximum atomic E-state index is 11.7. The van der Waals surface area contributed by atoms with Crippen LogP contribution in [0.2, 0.25) is 0 Å². The Kier molecular flexibility index (Phi) is 3.86. The number of urea groups is 1. The first kappa shape index (κ1) is 13.2. The summed E-state index contributed by atoms with van der Waals surface area (Å²) in [6, 6.07) is 6.92. The van der Waals surface area contributed by atoms with Crippen molar-refractivity contribution in [2.45, 2.75) is 0 Å². The molecule has 98 valence electrons. The van der Waals surface area contributed by atoms with Gasteiger partial charge in [0.1, 0.15) is 11.4 Å². The molecule has 0 aliphatic carbocycles. The predicted octanol–water partition coefficient (Wildman–Crippen LogP) is 2.49. The number of aromatic hydroxyl groups is 1. The molecule has 7 heteroatoms. The predicted molar refractivity (Wildman–Crippen MR) is 75.5 cm³/mol. The lowest BCUT2D eigenvalue weighted by molar-refractivity contribution is 0.262. The van der Waals surface area contributed by atoms with Crippen LogP contribution in [0.1, 0.15) is 0 Å². The van der Waals surface area contributed by atoms with Gasteiger partial charge in [0.05, 0.1) is 0 Å². The van der Waals surface area contributed by atoms with Crippen LogP contribution in [0.4, 0.5) is 16.2 Å². The average Bonchev–Trinajstić information content (AvgIpc) is 2.37. The SMILES string of the molecule is O=C(Nc1ccc(O)cc1)Nc1cc(Br)c[nH]c1=O. The molecule has 0 spiro atoms. The molecule has 1 aromatic heterocycles. The first-order valence-electron chi connectivity index (χ1n) is 5.30. The van der Waals surface area contributed by atoms with Gasteiger partial charge in [0.25, 0.3) is 5.56 Å². The molecule has 0 bridgehead atoms. The van der Waals surface area contributed by atoms with E-state index < -0.39 is 11.6 Å². The Balaban J connectivity index is 2.07. The number of amides is 2. The Morgan fingerprint density at radius 3 is 2.58 bits per heavy atom. The molecule has 0 unspecified atom stereocenters. The molecule has 0 radical (unpaired) electrons. The van der Waals surface area contributed by atoms with Crippen LogP contribution in [-0.2, 0) is 0 Å². The number of carbonyl (C=O) groups excluding carboxylic acids is 1. The second-order valence-corrected chi connectivity index (χ2v) is 4.60. The van der Waals surface area contributed by atoms with E-state index in [1.807, 2.05) is 0 Å². The molecule has 0 aliphatic heterocycles. The third-order valence-corrected chi connectivity index (χ3v) is 2.70. The van der Waals surface area contributed by atoms with Gasteiger partial charge in [-0.05, 0) is 46.3 Å². The minimum Gasteiger partial charge on any atom is -0.508 e. The Hall–Kier alpha value is -2.28. The Morgan fingerprint density at radius 2 is 1.89 bits per heavy atom. The second kappa shape index (κ2) is 5.57. The molecule has 0 saturated carbocycles. The van der Waals surface area contributed by atoms with Gasteiger partial charge in [0, 0.05) is 16.4 Å². The lowest BCUT2D eigenvalue weighted by atomic mass is 10.3. The highest BCUT2D eigenvalue weighted by atomic mass is 79.9. The maximum absolute atomic E-state index is 11.7. The lowest BCUT2D eigenvalue weighted by Crippen LogP contribution is -2.24. The van der Waals surface area contributed by atoms with Gasteiger partial charge in [-0.2, -0.15) is 0 Å². The quantitative estimate of drug-likeness (QED) is 0.639. The Labute approximate surface area is 116 Å². The van der Waals surface area contributed by atoms with Gasteiger partial charge in [-0.15, -0.1) is 0 Å². The van der Waals surface area contributed by atoms with Crippen LogP contribution < -0.4 is 16.2 Å². The first-order chi connectivity index (χ1) is 9.04. The zero-order valence-electron chi connectivity index (χ0n) is 9.61. The molecular formula is C12H10BrN3O3. The number of rotatable bonds is 2. The van der Waals surface area contributed by atoms with Gasteiger partial charge in [0.2, 0.25) is 0 Å². The Morgan fingerprint density at radius 1 is 1.21 bits per heavy atom. The zero-order chi connectivity index (χ0) is 13.8. The normalized spacial score (nSPS) is 9.95. The van der Waals surface area contributed by atoms with Crippen molar-refractivity contribution in [1.29, 1.82) is 0 Å². The molecule has 2 aromatic rings. The number of H-pyrrole nitrogens is 1. The molecule has 0 saturated heterocycles. The fourth-order valence-electron chi connectivity index (χ4n) is 1.38. The fourth-order valence-corrected chi connectivity index (χ4v) is 1.72. The van der Waals surface area contributed by atoms with Crippen molar-refractivity contribution in [3.8, 4) is 5.75 Å². The highest BCUT2D eigenvalue weighted by molar-refractivity contribution is 9.10. The molecule has 6 nitrogen and oxygen atoms in total. The summed E-state index contributed by atoms with van der Waals surface area (Å²) in [5, 5.41) is 14.1. The molecule has 0 atom stereocenters. The van der Waals surface area contributed by atoms with Crippen LogP contribution >= 0.6 is 15.9 Å². The van der Waals surface area contributed by atoms with Crippen molar-refractivity contribution in [1.82, 2.24) is 4.98 Å². The van der Waals surface area contributed by atoms with Crippen molar-refractivity contribution in [2.24, 2.45) is 0 Å². The molecule has 1 heterocycles. The minimum absolute atomic E-state index is 0.106. The summed E-state index contributed by atoms with van der Waals surface area (Å²) < 4.78 is 0.645. The lowest BCUT2D eigenvalue weighted by Gasteiger charge is -2.07. The fraction of sp³-hybridized carbons (Fsp3) is 0. The maximum Gasteiger partial charge on any atom is 0.323 e. The molecule has 1 aromatic carbocycles. The van der Waals surface area contributed by atoms with E-state index in [1.165, 1.54) is 24.4 Å².